The van der Waals surface area contributed by atoms with E-state index in [-0.39, 0.29) is 0 Å². The van der Waals surface area contributed by atoms with Gasteiger partial charge < -0.3 is 10.1 Å². The van der Waals surface area contributed by atoms with Gasteiger partial charge in [-0.3, -0.25) is 0 Å². The largest absolute Gasteiger partial charge is 0.377 e. The Hall–Kier alpha value is -0.860. The lowest BCUT2D eigenvalue weighted by molar-refractivity contribution is 0.0295. The molecule has 1 aromatic carbocycles. The van der Waals surface area contributed by atoms with Gasteiger partial charge in [-0.05, 0) is 37.3 Å². The number of hydrogen-bond acceptors (Lipinski definition) is 2. The lowest BCUT2D eigenvalue weighted by atomic mass is 9.98. The van der Waals surface area contributed by atoms with Crippen LogP contribution < -0.4 is 5.32 Å². The molecule has 0 amide bonds. The quantitative estimate of drug-likeness (QED) is 0.751. The Morgan fingerprint density at radius 1 is 1.15 bits per heavy atom. The van der Waals surface area contributed by atoms with Gasteiger partial charge in [0.25, 0.3) is 0 Å². The highest BCUT2D eigenvalue weighted by molar-refractivity contribution is 5.24. The zero-order valence-electron chi connectivity index (χ0n) is 13.0. The maximum Gasteiger partial charge on any atom is 0.0594 e. The van der Waals surface area contributed by atoms with E-state index in [4.69, 9.17) is 4.74 Å². The van der Waals surface area contributed by atoms with E-state index in [1.54, 1.807) is 0 Å². The molecule has 0 aromatic heterocycles. The first-order chi connectivity index (χ1) is 9.79. The maximum atomic E-state index is 5.94. The number of aryl methyl sites for hydroxylation is 1. The zero-order valence-corrected chi connectivity index (χ0v) is 13.0. The first-order valence-corrected chi connectivity index (χ1v) is 8.23. The fourth-order valence-corrected chi connectivity index (χ4v) is 2.89. The van der Waals surface area contributed by atoms with Crippen LogP contribution in [0.25, 0.3) is 0 Å². The van der Waals surface area contributed by atoms with Crippen molar-refractivity contribution in [2.75, 3.05) is 13.2 Å². The summed E-state index contributed by atoms with van der Waals surface area (Å²) in [5.74, 6) is 0. The van der Waals surface area contributed by atoms with Gasteiger partial charge >= 0.3 is 0 Å². The molecule has 1 fully saturated rings. The van der Waals surface area contributed by atoms with Gasteiger partial charge in [-0.15, -0.1) is 0 Å². The predicted octanol–water partition coefficient (Wildman–Crippen LogP) is 4.25. The van der Waals surface area contributed by atoms with Crippen molar-refractivity contribution in [1.29, 1.82) is 0 Å². The zero-order chi connectivity index (χ0) is 14.2. The van der Waals surface area contributed by atoms with Gasteiger partial charge in [-0.2, -0.15) is 0 Å². The average molecular weight is 275 g/mol. The first kappa shape index (κ1) is 15.5. The van der Waals surface area contributed by atoms with Crippen LogP contribution in [0, 0.1) is 0 Å². The van der Waals surface area contributed by atoms with Crippen molar-refractivity contribution in [2.45, 2.75) is 64.5 Å². The molecule has 20 heavy (non-hydrogen) atoms. The van der Waals surface area contributed by atoms with Gasteiger partial charge in [-0.1, -0.05) is 50.5 Å². The minimum atomic E-state index is 0.399. The van der Waals surface area contributed by atoms with E-state index in [0.29, 0.717) is 12.1 Å². The van der Waals surface area contributed by atoms with Gasteiger partial charge in [0.1, 0.15) is 0 Å². The first-order valence-electron chi connectivity index (χ1n) is 8.23. The van der Waals surface area contributed by atoms with Crippen molar-refractivity contribution in [1.82, 2.24) is 5.32 Å². The molecule has 1 aliphatic carbocycles. The highest BCUT2D eigenvalue weighted by Gasteiger charge is 2.13. The average Bonchev–Trinajstić information content (AvgIpc) is 2.52. The van der Waals surface area contributed by atoms with E-state index >= 15 is 0 Å². The number of benzene rings is 1. The second kappa shape index (κ2) is 8.43. The predicted molar refractivity (Wildman–Crippen MR) is 85.1 cm³/mol. The van der Waals surface area contributed by atoms with E-state index in [9.17, 15) is 0 Å². The molecule has 1 unspecified atom stereocenters. The van der Waals surface area contributed by atoms with E-state index in [1.807, 2.05) is 0 Å². The Labute approximate surface area is 123 Å². The van der Waals surface area contributed by atoms with Crippen molar-refractivity contribution < 1.29 is 4.74 Å². The summed E-state index contributed by atoms with van der Waals surface area (Å²) in [6.07, 6.45) is 8.23. The minimum Gasteiger partial charge on any atom is -0.377 e. The summed E-state index contributed by atoms with van der Waals surface area (Å²) >= 11 is 0. The van der Waals surface area contributed by atoms with Crippen LogP contribution >= 0.6 is 0 Å². The van der Waals surface area contributed by atoms with Crippen molar-refractivity contribution in [3.05, 3.63) is 35.4 Å². The smallest absolute Gasteiger partial charge is 0.0594 e. The molecule has 2 rings (SSSR count). The molecule has 1 atom stereocenters. The lowest BCUT2D eigenvalue weighted by Gasteiger charge is -2.22. The molecule has 112 valence electrons. The standard InChI is InChI=1S/C18H29NO/c1-3-16-9-11-17(12-10-16)15(2)19-13-14-20-18-7-5-4-6-8-18/h9-12,15,18-19H,3-8,13-14H2,1-2H3. The second-order valence-corrected chi connectivity index (χ2v) is 5.90. The molecular weight excluding hydrogens is 246 g/mol. The van der Waals surface area contributed by atoms with E-state index in [2.05, 4.69) is 43.4 Å². The summed E-state index contributed by atoms with van der Waals surface area (Å²) < 4.78 is 5.94. The van der Waals surface area contributed by atoms with Gasteiger partial charge in [0.2, 0.25) is 0 Å². The third-order valence-corrected chi connectivity index (χ3v) is 4.35. The highest BCUT2D eigenvalue weighted by atomic mass is 16.5. The lowest BCUT2D eigenvalue weighted by Crippen LogP contribution is -2.26. The van der Waals surface area contributed by atoms with Crippen molar-refractivity contribution in [2.24, 2.45) is 0 Å². The van der Waals surface area contributed by atoms with Gasteiger partial charge in [-0.25, -0.2) is 0 Å². The Balaban J connectivity index is 1.64. The third-order valence-electron chi connectivity index (χ3n) is 4.35. The van der Waals surface area contributed by atoms with E-state index in [0.717, 1.165) is 19.6 Å². The topological polar surface area (TPSA) is 21.3 Å². The minimum absolute atomic E-state index is 0.399. The van der Waals surface area contributed by atoms with Crippen LogP contribution in [-0.2, 0) is 11.2 Å². The van der Waals surface area contributed by atoms with Crippen molar-refractivity contribution in [3.8, 4) is 0 Å². The van der Waals surface area contributed by atoms with E-state index in [1.165, 1.54) is 43.2 Å². The van der Waals surface area contributed by atoms with Crippen molar-refractivity contribution in [3.63, 3.8) is 0 Å². The number of ether oxygens (including phenoxy) is 1. The van der Waals surface area contributed by atoms with Crippen molar-refractivity contribution >= 4 is 0 Å². The maximum absolute atomic E-state index is 5.94. The number of rotatable bonds is 7. The summed E-state index contributed by atoms with van der Waals surface area (Å²) in [5, 5.41) is 3.55. The van der Waals surface area contributed by atoms with Crippen LogP contribution in [0.15, 0.2) is 24.3 Å². The molecule has 2 nitrogen and oxygen atoms in total. The molecule has 2 heteroatoms. The van der Waals surface area contributed by atoms with E-state index < -0.39 is 0 Å². The molecule has 1 aliphatic rings. The molecule has 0 bridgehead atoms. The Morgan fingerprint density at radius 3 is 2.50 bits per heavy atom. The van der Waals surface area contributed by atoms with Gasteiger partial charge in [0, 0.05) is 12.6 Å². The summed E-state index contributed by atoms with van der Waals surface area (Å²) in [7, 11) is 0. The van der Waals surface area contributed by atoms with Crippen LogP contribution in [0.3, 0.4) is 0 Å². The molecule has 0 radical (unpaired) electrons. The molecule has 0 aliphatic heterocycles. The highest BCUT2D eigenvalue weighted by Crippen LogP contribution is 2.20. The summed E-state index contributed by atoms with van der Waals surface area (Å²) in [6, 6.07) is 9.32. The SMILES string of the molecule is CCc1ccc(C(C)NCCOC2CCCCC2)cc1. The molecule has 1 aromatic rings. The van der Waals surface area contributed by atoms with Gasteiger partial charge in [0.15, 0.2) is 0 Å². The second-order valence-electron chi connectivity index (χ2n) is 5.90. The van der Waals surface area contributed by atoms with Crippen LogP contribution in [0.2, 0.25) is 0 Å². The fourth-order valence-electron chi connectivity index (χ4n) is 2.89. The monoisotopic (exact) mass is 275 g/mol. The normalized spacial score (nSPS) is 18.1. The fraction of sp³-hybridized carbons (Fsp3) is 0.667. The molecular formula is C18H29NO. The molecule has 1 N–H and O–H groups in total. The number of nitrogens with one attached hydrogen (secondary N) is 1. The molecule has 1 saturated carbocycles. The van der Waals surface area contributed by atoms with Crippen LogP contribution in [-0.4, -0.2) is 19.3 Å². The van der Waals surface area contributed by atoms with Crippen LogP contribution in [0.1, 0.15) is 63.1 Å². The number of hydrogen-bond donors (Lipinski definition) is 1. The third kappa shape index (κ3) is 4.92. The Morgan fingerprint density at radius 2 is 1.85 bits per heavy atom. The molecule has 0 heterocycles. The van der Waals surface area contributed by atoms with Gasteiger partial charge in [0.05, 0.1) is 12.7 Å². The Kier molecular flexibility index (Phi) is 6.55. The van der Waals surface area contributed by atoms with Crippen LogP contribution in [0.4, 0.5) is 0 Å². The Bertz CT molecular complexity index is 368. The summed E-state index contributed by atoms with van der Waals surface area (Å²) in [5.41, 5.74) is 2.77. The molecule has 0 saturated heterocycles. The molecule has 0 spiro atoms. The summed E-state index contributed by atoms with van der Waals surface area (Å²) in [4.78, 5) is 0. The van der Waals surface area contributed by atoms with Crippen LogP contribution in [0.5, 0.6) is 0 Å². The summed E-state index contributed by atoms with van der Waals surface area (Å²) in [6.45, 7) is 6.19.